The summed E-state index contributed by atoms with van der Waals surface area (Å²) in [5, 5.41) is 3.97. The minimum absolute atomic E-state index is 0.0485. The van der Waals surface area contributed by atoms with E-state index in [-0.39, 0.29) is 11.8 Å². The summed E-state index contributed by atoms with van der Waals surface area (Å²) in [6.45, 7) is 5.47. The summed E-state index contributed by atoms with van der Waals surface area (Å²) in [7, 11) is 0. The van der Waals surface area contributed by atoms with Crippen molar-refractivity contribution in [3.05, 3.63) is 46.4 Å². The molecule has 1 saturated heterocycles. The van der Waals surface area contributed by atoms with Gasteiger partial charge in [0.15, 0.2) is 0 Å². The minimum Gasteiger partial charge on any atom is -0.443 e. The Labute approximate surface area is 166 Å². The largest absolute Gasteiger partial charge is 0.443 e. The summed E-state index contributed by atoms with van der Waals surface area (Å²) in [5.74, 6) is 1.68. The average Bonchev–Trinajstić information content (AvgIpc) is 2.98. The number of benzene rings is 1. The Morgan fingerprint density at radius 1 is 1.26 bits per heavy atom. The highest BCUT2D eigenvalue weighted by atomic mass is 79.9. The zero-order valence-electron chi connectivity index (χ0n) is 15.3. The van der Waals surface area contributed by atoms with Gasteiger partial charge < -0.3 is 14.6 Å². The third-order valence-corrected chi connectivity index (χ3v) is 5.68. The number of piperidine rings is 1. The van der Waals surface area contributed by atoms with Gasteiger partial charge in [0.25, 0.3) is 0 Å². The van der Waals surface area contributed by atoms with Crippen LogP contribution in [0.2, 0.25) is 0 Å². The summed E-state index contributed by atoms with van der Waals surface area (Å²) in [6.07, 6.45) is 3.35. The monoisotopic (exact) mass is 428 g/mol. The molecule has 1 N–H and O–H groups in total. The molecule has 0 bridgehead atoms. The molecule has 4 rings (SSSR count). The molecule has 1 aliphatic heterocycles. The van der Waals surface area contributed by atoms with Crippen molar-refractivity contribution in [2.75, 3.05) is 23.3 Å². The van der Waals surface area contributed by atoms with Crippen molar-refractivity contribution in [1.29, 1.82) is 0 Å². The van der Waals surface area contributed by atoms with Crippen molar-refractivity contribution < 1.29 is 9.21 Å². The van der Waals surface area contributed by atoms with Crippen LogP contribution in [0.4, 0.5) is 11.5 Å². The molecule has 140 valence electrons. The van der Waals surface area contributed by atoms with Gasteiger partial charge in [-0.1, -0.05) is 15.9 Å². The van der Waals surface area contributed by atoms with E-state index in [1.165, 1.54) is 6.33 Å². The van der Waals surface area contributed by atoms with Crippen LogP contribution in [0.5, 0.6) is 0 Å². The van der Waals surface area contributed by atoms with Gasteiger partial charge in [-0.3, -0.25) is 4.79 Å². The molecule has 0 radical (unpaired) electrons. The Hall–Kier alpha value is -2.41. The van der Waals surface area contributed by atoms with Gasteiger partial charge in [-0.2, -0.15) is 0 Å². The average molecular weight is 429 g/mol. The van der Waals surface area contributed by atoms with Crippen molar-refractivity contribution in [2.45, 2.75) is 26.7 Å². The Balaban J connectivity index is 1.55. The lowest BCUT2D eigenvalue weighted by Gasteiger charge is -2.33. The summed E-state index contributed by atoms with van der Waals surface area (Å²) in [4.78, 5) is 23.7. The molecule has 7 heteroatoms. The predicted molar refractivity (Wildman–Crippen MR) is 109 cm³/mol. The highest BCUT2D eigenvalue weighted by Gasteiger charge is 2.28. The first-order valence-corrected chi connectivity index (χ1v) is 9.84. The number of nitrogens with zero attached hydrogens (tertiary/aromatic N) is 3. The van der Waals surface area contributed by atoms with Crippen LogP contribution in [-0.2, 0) is 4.79 Å². The molecular formula is C20H21BrN4O2. The van der Waals surface area contributed by atoms with E-state index < -0.39 is 0 Å². The highest BCUT2D eigenvalue weighted by molar-refractivity contribution is 9.10. The minimum atomic E-state index is -0.0827. The lowest BCUT2D eigenvalue weighted by Crippen LogP contribution is -2.41. The molecule has 3 heterocycles. The topological polar surface area (TPSA) is 71.3 Å². The van der Waals surface area contributed by atoms with E-state index >= 15 is 0 Å². The van der Waals surface area contributed by atoms with Crippen LogP contribution in [0.3, 0.4) is 0 Å². The molecule has 27 heavy (non-hydrogen) atoms. The third kappa shape index (κ3) is 3.56. The van der Waals surface area contributed by atoms with E-state index in [1.807, 2.05) is 38.1 Å². The number of rotatable bonds is 3. The fourth-order valence-corrected chi connectivity index (χ4v) is 3.83. The summed E-state index contributed by atoms with van der Waals surface area (Å²) < 4.78 is 6.72. The molecule has 2 aromatic heterocycles. The number of carbonyl (C=O) groups is 1. The SMILES string of the molecule is Cc1oc2ncnc(N3CCC[C@@H](C(=O)Nc4ccc(Br)cc4)C3)c2c1C. The van der Waals surface area contributed by atoms with Crippen molar-refractivity contribution in [3.63, 3.8) is 0 Å². The molecule has 6 nitrogen and oxygen atoms in total. The van der Waals surface area contributed by atoms with E-state index in [1.54, 1.807) is 0 Å². The first-order chi connectivity index (χ1) is 13.0. The first-order valence-electron chi connectivity index (χ1n) is 9.05. The van der Waals surface area contributed by atoms with Gasteiger partial charge in [0.1, 0.15) is 17.9 Å². The van der Waals surface area contributed by atoms with E-state index in [9.17, 15) is 4.79 Å². The number of furan rings is 1. The number of nitrogens with one attached hydrogen (secondary N) is 1. The van der Waals surface area contributed by atoms with Gasteiger partial charge >= 0.3 is 0 Å². The van der Waals surface area contributed by atoms with E-state index in [0.717, 1.165) is 52.1 Å². The van der Waals surface area contributed by atoms with Crippen molar-refractivity contribution in [2.24, 2.45) is 5.92 Å². The predicted octanol–water partition coefficient (Wildman–Crippen LogP) is 4.46. The van der Waals surface area contributed by atoms with Crippen LogP contribution in [0.25, 0.3) is 11.1 Å². The normalized spacial score (nSPS) is 17.3. The van der Waals surface area contributed by atoms with Gasteiger partial charge in [0.2, 0.25) is 11.6 Å². The van der Waals surface area contributed by atoms with Gasteiger partial charge in [-0.15, -0.1) is 0 Å². The summed E-state index contributed by atoms with van der Waals surface area (Å²) in [5.41, 5.74) is 2.48. The number of hydrogen-bond acceptors (Lipinski definition) is 5. The third-order valence-electron chi connectivity index (χ3n) is 5.15. The molecule has 1 atom stereocenters. The first kappa shape index (κ1) is 18.0. The Bertz CT molecular complexity index is 984. The van der Waals surface area contributed by atoms with Gasteiger partial charge in [0.05, 0.1) is 11.3 Å². The van der Waals surface area contributed by atoms with Gasteiger partial charge in [0, 0.05) is 28.8 Å². The van der Waals surface area contributed by atoms with Gasteiger partial charge in [-0.25, -0.2) is 9.97 Å². The number of fused-ring (bicyclic) bond motifs is 1. The number of halogens is 1. The van der Waals surface area contributed by atoms with Crippen LogP contribution < -0.4 is 10.2 Å². The van der Waals surface area contributed by atoms with Crippen molar-refractivity contribution in [3.8, 4) is 0 Å². The van der Waals surface area contributed by atoms with E-state index in [0.29, 0.717) is 12.3 Å². The molecular weight excluding hydrogens is 408 g/mol. The number of hydrogen-bond donors (Lipinski definition) is 1. The Morgan fingerprint density at radius 3 is 2.81 bits per heavy atom. The maximum Gasteiger partial charge on any atom is 0.231 e. The molecule has 0 spiro atoms. The zero-order valence-corrected chi connectivity index (χ0v) is 16.9. The van der Waals surface area contributed by atoms with E-state index in [2.05, 4.69) is 36.1 Å². The number of aromatic nitrogens is 2. The maximum atomic E-state index is 12.8. The zero-order chi connectivity index (χ0) is 19.0. The van der Waals surface area contributed by atoms with Crippen LogP contribution in [0.1, 0.15) is 24.2 Å². The lowest BCUT2D eigenvalue weighted by atomic mass is 9.96. The molecule has 1 fully saturated rings. The number of anilines is 2. The lowest BCUT2D eigenvalue weighted by molar-refractivity contribution is -0.120. The quantitative estimate of drug-likeness (QED) is 0.666. The van der Waals surface area contributed by atoms with Crippen LogP contribution >= 0.6 is 15.9 Å². The molecule has 1 aliphatic rings. The second-order valence-corrected chi connectivity index (χ2v) is 7.86. The van der Waals surface area contributed by atoms with Crippen molar-refractivity contribution in [1.82, 2.24) is 9.97 Å². The molecule has 3 aromatic rings. The fraction of sp³-hybridized carbons (Fsp3) is 0.350. The smallest absolute Gasteiger partial charge is 0.231 e. The molecule has 0 unspecified atom stereocenters. The summed E-state index contributed by atoms with van der Waals surface area (Å²) >= 11 is 3.41. The highest BCUT2D eigenvalue weighted by Crippen LogP contribution is 2.32. The molecule has 0 aliphatic carbocycles. The molecule has 1 aromatic carbocycles. The number of amides is 1. The standard InChI is InChI=1S/C20H21BrN4O2/c1-12-13(2)27-20-17(12)18(22-11-23-20)25-9-3-4-14(10-25)19(26)24-16-7-5-15(21)6-8-16/h5-8,11,14H,3-4,9-10H2,1-2H3,(H,24,26)/t14-/m1/s1. The Kier molecular flexibility index (Phi) is 4.86. The maximum absolute atomic E-state index is 12.8. The van der Waals surface area contributed by atoms with Crippen LogP contribution in [0, 0.1) is 19.8 Å². The van der Waals surface area contributed by atoms with Crippen molar-refractivity contribution >= 4 is 44.4 Å². The fourth-order valence-electron chi connectivity index (χ4n) is 3.56. The molecule has 0 saturated carbocycles. The summed E-state index contributed by atoms with van der Waals surface area (Å²) in [6, 6.07) is 7.64. The molecule has 1 amide bonds. The number of carbonyl (C=O) groups excluding carboxylic acids is 1. The Morgan fingerprint density at radius 2 is 2.04 bits per heavy atom. The number of aryl methyl sites for hydroxylation is 2. The second-order valence-electron chi connectivity index (χ2n) is 6.94. The van der Waals surface area contributed by atoms with Crippen LogP contribution in [-0.4, -0.2) is 29.0 Å². The van der Waals surface area contributed by atoms with Gasteiger partial charge in [-0.05, 0) is 51.0 Å². The van der Waals surface area contributed by atoms with E-state index in [4.69, 9.17) is 4.42 Å². The second kappa shape index (κ2) is 7.31. The van der Waals surface area contributed by atoms with Crippen LogP contribution in [0.15, 0.2) is 39.5 Å².